The van der Waals surface area contributed by atoms with Gasteiger partial charge in [0.25, 0.3) is 0 Å². The van der Waals surface area contributed by atoms with E-state index in [1.807, 2.05) is 12.2 Å². The van der Waals surface area contributed by atoms with E-state index < -0.39 is 5.60 Å². The highest BCUT2D eigenvalue weighted by molar-refractivity contribution is 5.38. The summed E-state index contributed by atoms with van der Waals surface area (Å²) in [5.41, 5.74) is 1.35. The number of nitrogens with one attached hydrogen (secondary N) is 1. The summed E-state index contributed by atoms with van der Waals surface area (Å²) in [7, 11) is 0. The van der Waals surface area contributed by atoms with Gasteiger partial charge in [-0.15, -0.1) is 0 Å². The fraction of sp³-hybridized carbons (Fsp3) is 0.722. The number of allylic oxidation sites excluding steroid dienone is 4. The van der Waals surface area contributed by atoms with E-state index in [4.69, 9.17) is 5.26 Å². The highest BCUT2D eigenvalue weighted by Crippen LogP contribution is 2.44. The molecule has 2 saturated carbocycles. The van der Waals surface area contributed by atoms with Gasteiger partial charge in [-0.25, -0.2) is 0 Å². The Balaban J connectivity index is 1.76. The van der Waals surface area contributed by atoms with Crippen LogP contribution in [-0.2, 0) is 0 Å². The molecule has 3 nitrogen and oxygen atoms in total. The molecule has 2 N–H and O–H groups in total. The predicted molar refractivity (Wildman–Crippen MR) is 83.2 cm³/mol. The van der Waals surface area contributed by atoms with Crippen LogP contribution in [0.25, 0.3) is 0 Å². The van der Waals surface area contributed by atoms with Gasteiger partial charge in [0.15, 0.2) is 0 Å². The molecule has 0 aromatic heterocycles. The molecular formula is C18H26N2O. The quantitative estimate of drug-likeness (QED) is 0.817. The first-order chi connectivity index (χ1) is 10.1. The third-order valence-electron chi connectivity index (χ3n) is 5.56. The molecule has 0 radical (unpaired) electrons. The summed E-state index contributed by atoms with van der Waals surface area (Å²) in [6, 6.07) is 2.41. The van der Waals surface area contributed by atoms with Crippen molar-refractivity contribution in [2.75, 3.05) is 0 Å². The summed E-state index contributed by atoms with van der Waals surface area (Å²) in [4.78, 5) is 0. The van der Waals surface area contributed by atoms with Crippen molar-refractivity contribution in [3.05, 3.63) is 23.4 Å². The van der Waals surface area contributed by atoms with Crippen LogP contribution in [0.3, 0.4) is 0 Å². The first kappa shape index (κ1) is 14.7. The molecule has 4 atom stereocenters. The zero-order valence-electron chi connectivity index (χ0n) is 12.9. The molecular weight excluding hydrogens is 260 g/mol. The minimum Gasteiger partial charge on any atom is -0.387 e. The number of fused-ring (bicyclic) bond motifs is 1. The van der Waals surface area contributed by atoms with Crippen molar-refractivity contribution in [3.63, 3.8) is 0 Å². The van der Waals surface area contributed by atoms with Crippen LogP contribution in [0.4, 0.5) is 0 Å². The van der Waals surface area contributed by atoms with Gasteiger partial charge in [0, 0.05) is 11.3 Å². The molecule has 21 heavy (non-hydrogen) atoms. The van der Waals surface area contributed by atoms with Gasteiger partial charge in [-0.05, 0) is 50.0 Å². The van der Waals surface area contributed by atoms with Crippen molar-refractivity contribution in [3.8, 4) is 6.07 Å². The first-order valence-electron chi connectivity index (χ1n) is 8.43. The average Bonchev–Trinajstić information content (AvgIpc) is 2.47. The van der Waals surface area contributed by atoms with E-state index in [9.17, 15) is 5.11 Å². The highest BCUT2D eigenvalue weighted by atomic mass is 16.3. The van der Waals surface area contributed by atoms with Gasteiger partial charge in [-0.1, -0.05) is 32.3 Å². The number of nitriles is 1. The van der Waals surface area contributed by atoms with E-state index in [-0.39, 0.29) is 6.04 Å². The summed E-state index contributed by atoms with van der Waals surface area (Å²) < 4.78 is 0. The lowest BCUT2D eigenvalue weighted by Gasteiger charge is -2.49. The van der Waals surface area contributed by atoms with E-state index in [1.54, 1.807) is 0 Å². The maximum absolute atomic E-state index is 11.2. The van der Waals surface area contributed by atoms with Crippen molar-refractivity contribution in [2.24, 2.45) is 11.8 Å². The van der Waals surface area contributed by atoms with Gasteiger partial charge in [-0.3, -0.25) is 0 Å². The number of rotatable bonds is 2. The van der Waals surface area contributed by atoms with Crippen LogP contribution in [0.2, 0.25) is 0 Å². The Hall–Kier alpha value is -1.27. The molecule has 2 unspecified atom stereocenters. The molecule has 0 aliphatic heterocycles. The van der Waals surface area contributed by atoms with Gasteiger partial charge in [-0.2, -0.15) is 5.26 Å². The lowest BCUT2D eigenvalue weighted by Crippen LogP contribution is -2.58. The highest BCUT2D eigenvalue weighted by Gasteiger charge is 2.47. The molecule has 0 amide bonds. The Morgan fingerprint density at radius 1 is 1.29 bits per heavy atom. The molecule has 3 aliphatic carbocycles. The molecule has 0 spiro atoms. The third kappa shape index (κ3) is 2.87. The average molecular weight is 286 g/mol. The fourth-order valence-corrected chi connectivity index (χ4v) is 4.52. The van der Waals surface area contributed by atoms with Crippen LogP contribution in [0.5, 0.6) is 0 Å². The molecule has 3 rings (SSSR count). The van der Waals surface area contributed by atoms with Crippen LogP contribution in [0, 0.1) is 23.2 Å². The molecule has 114 valence electrons. The summed E-state index contributed by atoms with van der Waals surface area (Å²) in [6.45, 7) is 2.14. The molecule has 3 aliphatic rings. The SMILES string of the molecule is CC1C=C(C#N)C=C(NC2CCC[C@H]3CCCC[C@]23O)C1. The van der Waals surface area contributed by atoms with Crippen molar-refractivity contribution in [1.82, 2.24) is 5.32 Å². The van der Waals surface area contributed by atoms with Crippen LogP contribution in [-0.4, -0.2) is 16.7 Å². The smallest absolute Gasteiger partial charge is 0.0988 e. The van der Waals surface area contributed by atoms with Gasteiger partial charge in [0.05, 0.1) is 17.7 Å². The molecule has 3 heteroatoms. The monoisotopic (exact) mass is 286 g/mol. The van der Waals surface area contributed by atoms with Crippen LogP contribution < -0.4 is 5.32 Å². The van der Waals surface area contributed by atoms with Crippen molar-refractivity contribution in [2.45, 2.75) is 69.9 Å². The predicted octanol–water partition coefficient (Wildman–Crippen LogP) is 3.42. The maximum atomic E-state index is 11.2. The first-order valence-corrected chi connectivity index (χ1v) is 8.43. The zero-order chi connectivity index (χ0) is 14.9. The number of aliphatic hydroxyl groups is 1. The Labute approximate surface area is 127 Å². The Morgan fingerprint density at radius 2 is 2.10 bits per heavy atom. The number of nitrogens with zero attached hydrogens (tertiary/aromatic N) is 1. The second-order valence-corrected chi connectivity index (χ2v) is 7.15. The number of hydrogen-bond donors (Lipinski definition) is 2. The normalized spacial score (nSPS) is 39.6. The second kappa shape index (κ2) is 5.85. The topological polar surface area (TPSA) is 56.0 Å². The lowest BCUT2D eigenvalue weighted by molar-refractivity contribution is -0.0965. The fourth-order valence-electron chi connectivity index (χ4n) is 4.52. The van der Waals surface area contributed by atoms with Crippen molar-refractivity contribution >= 4 is 0 Å². The van der Waals surface area contributed by atoms with Crippen molar-refractivity contribution < 1.29 is 5.11 Å². The number of hydrogen-bond acceptors (Lipinski definition) is 3. The van der Waals surface area contributed by atoms with Gasteiger partial charge < -0.3 is 10.4 Å². The summed E-state index contributed by atoms with van der Waals surface area (Å²) in [5.74, 6) is 0.859. The second-order valence-electron chi connectivity index (χ2n) is 7.15. The minimum atomic E-state index is -0.533. The molecule has 0 heterocycles. The van der Waals surface area contributed by atoms with E-state index in [0.29, 0.717) is 11.8 Å². The van der Waals surface area contributed by atoms with Gasteiger partial charge in [0.2, 0.25) is 0 Å². The molecule has 0 aromatic carbocycles. The summed E-state index contributed by atoms with van der Waals surface area (Å²) in [6.07, 6.45) is 12.9. The summed E-state index contributed by atoms with van der Waals surface area (Å²) >= 11 is 0. The van der Waals surface area contributed by atoms with Crippen molar-refractivity contribution in [1.29, 1.82) is 5.26 Å². The van der Waals surface area contributed by atoms with Crippen LogP contribution in [0.15, 0.2) is 23.4 Å². The van der Waals surface area contributed by atoms with E-state index in [1.165, 1.54) is 25.7 Å². The maximum Gasteiger partial charge on any atom is 0.0988 e. The Morgan fingerprint density at radius 3 is 2.90 bits per heavy atom. The van der Waals surface area contributed by atoms with Gasteiger partial charge in [0.1, 0.15) is 0 Å². The molecule has 2 fully saturated rings. The zero-order valence-corrected chi connectivity index (χ0v) is 12.9. The van der Waals surface area contributed by atoms with E-state index >= 15 is 0 Å². The minimum absolute atomic E-state index is 0.160. The summed E-state index contributed by atoms with van der Waals surface area (Å²) in [5, 5.41) is 23.9. The van der Waals surface area contributed by atoms with E-state index in [2.05, 4.69) is 18.3 Å². The Bertz CT molecular complexity index is 500. The molecule has 0 bridgehead atoms. The molecule has 0 saturated heterocycles. The van der Waals surface area contributed by atoms with Crippen LogP contribution >= 0.6 is 0 Å². The Kier molecular flexibility index (Phi) is 4.08. The van der Waals surface area contributed by atoms with Gasteiger partial charge >= 0.3 is 0 Å². The lowest BCUT2D eigenvalue weighted by atomic mass is 9.64. The standard InChI is InChI=1S/C18H26N2O/c1-13-9-14(12-19)11-16(10-13)20-17-7-4-6-15-5-2-3-8-18(15,17)21/h9,11,13,15,17,20-21H,2-8,10H2,1H3/t13?,15-,17?,18-/m1/s1. The van der Waals surface area contributed by atoms with Crippen LogP contribution in [0.1, 0.15) is 58.3 Å². The third-order valence-corrected chi connectivity index (χ3v) is 5.56. The molecule has 0 aromatic rings. The van der Waals surface area contributed by atoms with E-state index in [0.717, 1.165) is 37.0 Å². The largest absolute Gasteiger partial charge is 0.387 e.